The molecule has 1 N–H and O–H groups in total. The standard InChI is InChI=1S/C16H13ClFNO2/c17-13-6-4-10(8-14(13)18)9-21-16-3-1-2-11-12(16)5-7-15(11)19-20/h1-4,6,8,20H,5,7,9H2/b19-15-. The molecule has 0 amide bonds. The molecule has 0 unspecified atom stereocenters. The third kappa shape index (κ3) is 2.72. The summed E-state index contributed by atoms with van der Waals surface area (Å²) >= 11 is 5.65. The topological polar surface area (TPSA) is 41.8 Å². The molecule has 108 valence electrons. The van der Waals surface area contributed by atoms with E-state index in [0.29, 0.717) is 17.7 Å². The van der Waals surface area contributed by atoms with Crippen LogP contribution in [0, 0.1) is 5.82 Å². The van der Waals surface area contributed by atoms with E-state index in [4.69, 9.17) is 21.5 Å². The molecule has 0 heterocycles. The molecule has 21 heavy (non-hydrogen) atoms. The minimum atomic E-state index is -0.453. The van der Waals surface area contributed by atoms with Crippen LogP contribution >= 0.6 is 11.6 Å². The Hall–Kier alpha value is -2.07. The van der Waals surface area contributed by atoms with E-state index < -0.39 is 5.82 Å². The quantitative estimate of drug-likeness (QED) is 0.682. The molecule has 5 heteroatoms. The highest BCUT2D eigenvalue weighted by atomic mass is 35.5. The number of hydrogen-bond acceptors (Lipinski definition) is 3. The van der Waals surface area contributed by atoms with Crippen LogP contribution in [0.1, 0.15) is 23.1 Å². The number of benzene rings is 2. The summed E-state index contributed by atoms with van der Waals surface area (Å²) < 4.78 is 19.2. The van der Waals surface area contributed by atoms with E-state index in [1.54, 1.807) is 6.07 Å². The smallest absolute Gasteiger partial charge is 0.142 e. The van der Waals surface area contributed by atoms with Gasteiger partial charge in [-0.3, -0.25) is 0 Å². The van der Waals surface area contributed by atoms with Gasteiger partial charge < -0.3 is 9.94 Å². The highest BCUT2D eigenvalue weighted by molar-refractivity contribution is 6.30. The number of ether oxygens (including phenoxy) is 1. The maximum atomic E-state index is 13.4. The lowest BCUT2D eigenvalue weighted by atomic mass is 10.1. The summed E-state index contributed by atoms with van der Waals surface area (Å²) in [6.07, 6.45) is 1.47. The second-order valence-corrected chi connectivity index (χ2v) is 5.27. The fraction of sp³-hybridized carbons (Fsp3) is 0.188. The van der Waals surface area contributed by atoms with Crippen LogP contribution in [0.2, 0.25) is 5.02 Å². The van der Waals surface area contributed by atoms with E-state index in [-0.39, 0.29) is 11.6 Å². The molecule has 0 bridgehead atoms. The van der Waals surface area contributed by atoms with Crippen molar-refractivity contribution in [1.82, 2.24) is 0 Å². The first kappa shape index (κ1) is 13.9. The lowest BCUT2D eigenvalue weighted by Gasteiger charge is -2.11. The van der Waals surface area contributed by atoms with Crippen molar-refractivity contribution < 1.29 is 14.3 Å². The minimum absolute atomic E-state index is 0.100. The van der Waals surface area contributed by atoms with Crippen LogP contribution in [-0.2, 0) is 13.0 Å². The van der Waals surface area contributed by atoms with Crippen LogP contribution < -0.4 is 4.74 Å². The number of rotatable bonds is 3. The van der Waals surface area contributed by atoms with Gasteiger partial charge in [-0.05, 0) is 36.6 Å². The van der Waals surface area contributed by atoms with Crippen molar-refractivity contribution >= 4 is 17.3 Å². The monoisotopic (exact) mass is 305 g/mol. The number of halogens is 2. The second-order valence-electron chi connectivity index (χ2n) is 4.87. The third-order valence-corrected chi connectivity index (χ3v) is 3.86. The fourth-order valence-electron chi connectivity index (χ4n) is 2.50. The summed E-state index contributed by atoms with van der Waals surface area (Å²) in [6, 6.07) is 10.2. The molecule has 0 saturated carbocycles. The van der Waals surface area contributed by atoms with Gasteiger partial charge in [0.25, 0.3) is 0 Å². The van der Waals surface area contributed by atoms with Crippen molar-refractivity contribution in [2.75, 3.05) is 0 Å². The Labute approximate surface area is 126 Å². The predicted molar refractivity (Wildman–Crippen MR) is 78.8 cm³/mol. The van der Waals surface area contributed by atoms with Gasteiger partial charge in [-0.2, -0.15) is 0 Å². The number of oxime groups is 1. The molecule has 2 aromatic carbocycles. The maximum Gasteiger partial charge on any atom is 0.142 e. The Morgan fingerprint density at radius 1 is 1.24 bits per heavy atom. The van der Waals surface area contributed by atoms with Gasteiger partial charge in [0.1, 0.15) is 18.2 Å². The fourth-order valence-corrected chi connectivity index (χ4v) is 2.62. The van der Waals surface area contributed by atoms with Crippen molar-refractivity contribution in [3.05, 3.63) is 63.9 Å². The van der Waals surface area contributed by atoms with Crippen LogP contribution in [0.15, 0.2) is 41.6 Å². The molecule has 1 aliphatic rings. The van der Waals surface area contributed by atoms with Gasteiger partial charge in [-0.15, -0.1) is 0 Å². The van der Waals surface area contributed by atoms with E-state index in [2.05, 4.69) is 5.16 Å². The summed E-state index contributed by atoms with van der Waals surface area (Å²) in [5.41, 5.74) is 3.33. The molecule has 0 atom stereocenters. The van der Waals surface area contributed by atoms with Crippen LogP contribution in [-0.4, -0.2) is 10.9 Å². The summed E-state index contributed by atoms with van der Waals surface area (Å²) in [4.78, 5) is 0. The molecule has 0 spiro atoms. The number of hydrogen-bond donors (Lipinski definition) is 1. The number of fused-ring (bicyclic) bond motifs is 1. The largest absolute Gasteiger partial charge is 0.489 e. The van der Waals surface area contributed by atoms with Gasteiger partial charge in [0, 0.05) is 11.1 Å². The van der Waals surface area contributed by atoms with Gasteiger partial charge in [0.15, 0.2) is 0 Å². The molecule has 3 rings (SSSR count). The van der Waals surface area contributed by atoms with E-state index >= 15 is 0 Å². The van der Waals surface area contributed by atoms with Gasteiger partial charge in [0.05, 0.1) is 10.7 Å². The SMILES string of the molecule is O/N=C1/CCc2c(OCc3ccc(Cl)c(F)c3)cccc21. The maximum absolute atomic E-state index is 13.4. The molecule has 1 aliphatic carbocycles. The Morgan fingerprint density at radius 3 is 2.86 bits per heavy atom. The molecule has 2 aromatic rings. The predicted octanol–water partition coefficient (Wildman–Crippen LogP) is 4.18. The van der Waals surface area contributed by atoms with Crippen LogP contribution in [0.4, 0.5) is 4.39 Å². The van der Waals surface area contributed by atoms with E-state index in [1.807, 2.05) is 18.2 Å². The normalized spacial score (nSPS) is 15.2. The van der Waals surface area contributed by atoms with Crippen LogP contribution in [0.25, 0.3) is 0 Å². The third-order valence-electron chi connectivity index (χ3n) is 3.55. The summed E-state index contributed by atoms with van der Waals surface area (Å²) in [5, 5.41) is 12.4. The zero-order valence-corrected chi connectivity index (χ0v) is 11.9. The van der Waals surface area contributed by atoms with Gasteiger partial charge >= 0.3 is 0 Å². The van der Waals surface area contributed by atoms with Gasteiger partial charge in [-0.25, -0.2) is 4.39 Å². The summed E-state index contributed by atoms with van der Waals surface area (Å²) in [6.45, 7) is 0.260. The molecular weight excluding hydrogens is 293 g/mol. The van der Waals surface area contributed by atoms with Crippen molar-refractivity contribution in [1.29, 1.82) is 0 Å². The highest BCUT2D eigenvalue weighted by Crippen LogP contribution is 2.31. The molecule has 0 saturated heterocycles. The van der Waals surface area contributed by atoms with Crippen molar-refractivity contribution in [2.24, 2.45) is 5.16 Å². The first-order valence-corrected chi connectivity index (χ1v) is 6.97. The Bertz CT molecular complexity index is 715. The average molecular weight is 306 g/mol. The van der Waals surface area contributed by atoms with Crippen LogP contribution in [0.5, 0.6) is 5.75 Å². The van der Waals surface area contributed by atoms with E-state index in [9.17, 15) is 4.39 Å². The summed E-state index contributed by atoms with van der Waals surface area (Å²) in [7, 11) is 0. The lowest BCUT2D eigenvalue weighted by Crippen LogP contribution is -2.00. The van der Waals surface area contributed by atoms with E-state index in [1.165, 1.54) is 12.1 Å². The molecule has 0 fully saturated rings. The lowest BCUT2D eigenvalue weighted by molar-refractivity contribution is 0.302. The van der Waals surface area contributed by atoms with Crippen molar-refractivity contribution in [3.63, 3.8) is 0 Å². The number of nitrogens with zero attached hydrogens (tertiary/aromatic N) is 1. The average Bonchev–Trinajstić information content (AvgIpc) is 2.92. The molecule has 0 aromatic heterocycles. The Morgan fingerprint density at radius 2 is 2.10 bits per heavy atom. The highest BCUT2D eigenvalue weighted by Gasteiger charge is 2.21. The zero-order chi connectivity index (χ0) is 14.8. The Balaban J connectivity index is 1.80. The van der Waals surface area contributed by atoms with Crippen LogP contribution in [0.3, 0.4) is 0 Å². The Kier molecular flexibility index (Phi) is 3.80. The van der Waals surface area contributed by atoms with Gasteiger partial charge in [0.2, 0.25) is 0 Å². The first-order chi connectivity index (χ1) is 10.2. The summed E-state index contributed by atoms with van der Waals surface area (Å²) in [5.74, 6) is 0.285. The molecule has 0 radical (unpaired) electrons. The van der Waals surface area contributed by atoms with E-state index in [0.717, 1.165) is 23.3 Å². The van der Waals surface area contributed by atoms with Crippen molar-refractivity contribution in [3.8, 4) is 5.75 Å². The molecule has 0 aliphatic heterocycles. The zero-order valence-electron chi connectivity index (χ0n) is 11.1. The second kappa shape index (κ2) is 5.74. The minimum Gasteiger partial charge on any atom is -0.489 e. The molecule has 3 nitrogen and oxygen atoms in total. The molecular formula is C16H13ClFNO2. The van der Waals surface area contributed by atoms with Gasteiger partial charge in [-0.1, -0.05) is 35.0 Å². The van der Waals surface area contributed by atoms with Crippen molar-refractivity contribution in [2.45, 2.75) is 19.4 Å². The first-order valence-electron chi connectivity index (χ1n) is 6.59.